The Balaban J connectivity index is 0.768. The van der Waals surface area contributed by atoms with Gasteiger partial charge in [-0.1, -0.05) is 77.4 Å². The van der Waals surface area contributed by atoms with Gasteiger partial charge in [0, 0.05) is 65.9 Å². The van der Waals surface area contributed by atoms with Gasteiger partial charge < -0.3 is 29.9 Å². The van der Waals surface area contributed by atoms with Gasteiger partial charge in [0.2, 0.25) is 23.6 Å². The molecule has 6 heterocycles. The molecule has 16 nitrogen and oxygen atoms in total. The van der Waals surface area contributed by atoms with Gasteiger partial charge in [0.25, 0.3) is 5.91 Å². The number of hydrogen-bond donors (Lipinski definition) is 2. The third kappa shape index (κ3) is 9.79. The second-order valence-corrected chi connectivity index (χ2v) is 21.6. The second-order valence-electron chi connectivity index (χ2n) is 20.3. The molecular formula is C53H58ClN11O5S. The molecule has 18 heteroatoms. The third-order valence-corrected chi connectivity index (χ3v) is 15.5. The number of amides is 3. The van der Waals surface area contributed by atoms with Crippen molar-refractivity contribution in [1.29, 1.82) is 5.26 Å². The zero-order valence-electron chi connectivity index (χ0n) is 41.1. The van der Waals surface area contributed by atoms with Crippen molar-refractivity contribution in [2.75, 3.05) is 24.5 Å². The highest BCUT2D eigenvalue weighted by molar-refractivity contribution is 7.13. The maximum Gasteiger partial charge on any atom is 0.254 e. The molecule has 3 atom stereocenters. The molecule has 1 unspecified atom stereocenters. The number of hydrogen-bond acceptors (Lipinski definition) is 13. The standard InChI is InChI=1S/C53H58ClN11O5S/c1-30(2)44(48(68)64-19-9-10-42(64)47(67)61-31(3)33-11-13-34(14-12-33)45-32(4)59-29-71-45)65-26-38(25-60-65)35-17-18-56-43(20-35)69-40-27-63(28-40)51-57-23-37(24-58-51)46(66)62-49-52(5,6)50(53(49,7)8)70-39-16-15-36(22-55)41(54)21-39/h11-18,20-21,23-26,29-31,40,42,44,49-50H,9-10,19,27-28H2,1-8H3,(H,61,67)(H,62,66)/t31-,42-,44?,49?,50?/m0/s1. The molecule has 6 aromatic rings. The summed E-state index contributed by atoms with van der Waals surface area (Å²) < 4.78 is 14.4. The number of nitrogens with zero attached hydrogens (tertiary/aromatic N) is 9. The number of ether oxygens (including phenoxy) is 2. The minimum atomic E-state index is -0.612. The van der Waals surface area contributed by atoms with Gasteiger partial charge in [-0.15, -0.1) is 11.3 Å². The van der Waals surface area contributed by atoms with E-state index in [9.17, 15) is 19.6 Å². The highest BCUT2D eigenvalue weighted by Gasteiger charge is 2.64. The molecule has 9 rings (SSSR count). The first-order valence-corrected chi connectivity index (χ1v) is 25.2. The van der Waals surface area contributed by atoms with E-state index < -0.39 is 22.9 Å². The topological polar surface area (TPSA) is 193 Å². The lowest BCUT2D eigenvalue weighted by Crippen LogP contribution is -2.74. The molecule has 3 aliphatic rings. The summed E-state index contributed by atoms with van der Waals surface area (Å²) in [6, 6.07) is 17.4. The molecule has 0 radical (unpaired) electrons. The van der Waals surface area contributed by atoms with E-state index >= 15 is 0 Å². The number of pyridine rings is 1. The number of aryl methyl sites for hydroxylation is 1. The molecule has 2 aliphatic heterocycles. The van der Waals surface area contributed by atoms with Gasteiger partial charge >= 0.3 is 0 Å². The zero-order chi connectivity index (χ0) is 50.4. The van der Waals surface area contributed by atoms with Gasteiger partial charge in [0.05, 0.1) is 57.6 Å². The van der Waals surface area contributed by atoms with E-state index in [0.717, 1.165) is 39.2 Å². The monoisotopic (exact) mass is 995 g/mol. The molecule has 368 valence electrons. The van der Waals surface area contributed by atoms with Crippen molar-refractivity contribution >= 4 is 46.6 Å². The number of likely N-dealkylation sites (tertiary alicyclic amines) is 1. The SMILES string of the molecule is Cc1ncsc1-c1ccc([C@H](C)NC(=O)[C@@H]2CCCN2C(=O)C(C(C)C)n2cc(-c3ccnc(OC4CN(c5ncc(C(=O)NC6C(C)(C)C(Oc7ccc(C#N)c(Cl)c7)C6(C)C)cn5)C4)c3)cn2)cc1. The van der Waals surface area contributed by atoms with E-state index in [-0.39, 0.29) is 47.9 Å². The maximum atomic E-state index is 14.4. The molecule has 2 saturated heterocycles. The van der Waals surface area contributed by atoms with Gasteiger partial charge in [0.15, 0.2) is 0 Å². The van der Waals surface area contributed by atoms with Crippen LogP contribution in [0.25, 0.3) is 21.6 Å². The van der Waals surface area contributed by atoms with Gasteiger partial charge in [-0.3, -0.25) is 19.1 Å². The fourth-order valence-corrected chi connectivity index (χ4v) is 11.6. The molecule has 0 bridgehead atoms. The van der Waals surface area contributed by atoms with Crippen LogP contribution in [0.5, 0.6) is 11.6 Å². The number of anilines is 1. The lowest BCUT2D eigenvalue weighted by atomic mass is 9.49. The summed E-state index contributed by atoms with van der Waals surface area (Å²) >= 11 is 7.87. The first-order chi connectivity index (χ1) is 33.9. The van der Waals surface area contributed by atoms with Crippen molar-refractivity contribution < 1.29 is 23.9 Å². The second kappa shape index (κ2) is 19.7. The lowest BCUT2D eigenvalue weighted by Gasteiger charge is -2.63. The third-order valence-electron chi connectivity index (χ3n) is 14.2. The number of aromatic nitrogens is 6. The number of nitriles is 1. The number of carbonyl (C=O) groups is 3. The summed E-state index contributed by atoms with van der Waals surface area (Å²) in [5, 5.41) is 20.6. The maximum absolute atomic E-state index is 14.4. The summed E-state index contributed by atoms with van der Waals surface area (Å²) in [6.45, 7) is 17.7. The molecule has 2 N–H and O–H groups in total. The smallest absolute Gasteiger partial charge is 0.254 e. The van der Waals surface area contributed by atoms with Crippen LogP contribution in [0.2, 0.25) is 5.02 Å². The predicted octanol–water partition coefficient (Wildman–Crippen LogP) is 8.64. The predicted molar refractivity (Wildman–Crippen MR) is 271 cm³/mol. The Bertz CT molecular complexity index is 2960. The molecule has 4 aromatic heterocycles. The number of benzene rings is 2. The molecule has 0 spiro atoms. The number of thiazole rings is 1. The van der Waals surface area contributed by atoms with Crippen LogP contribution in [0.4, 0.5) is 5.95 Å². The van der Waals surface area contributed by atoms with E-state index in [1.165, 1.54) is 12.4 Å². The molecule has 2 aromatic carbocycles. The summed E-state index contributed by atoms with van der Waals surface area (Å²) in [6.07, 6.45) is 9.30. The van der Waals surface area contributed by atoms with Gasteiger partial charge in [0.1, 0.15) is 36.1 Å². The largest absolute Gasteiger partial charge is 0.489 e. The van der Waals surface area contributed by atoms with Crippen LogP contribution < -0.4 is 25.0 Å². The van der Waals surface area contributed by atoms with Crippen molar-refractivity contribution in [2.45, 2.75) is 105 Å². The minimum absolute atomic E-state index is 0.0981. The summed E-state index contributed by atoms with van der Waals surface area (Å²) in [5.41, 5.74) is 6.44. The number of rotatable bonds is 15. The molecule has 1 saturated carbocycles. The van der Waals surface area contributed by atoms with Crippen LogP contribution in [-0.4, -0.2) is 96.3 Å². The van der Waals surface area contributed by atoms with Gasteiger partial charge in [-0.05, 0) is 67.5 Å². The van der Waals surface area contributed by atoms with E-state index in [1.807, 2.05) is 68.6 Å². The van der Waals surface area contributed by atoms with Crippen LogP contribution in [0.1, 0.15) is 101 Å². The molecular weight excluding hydrogens is 938 g/mol. The first-order valence-electron chi connectivity index (χ1n) is 24.0. The van der Waals surface area contributed by atoms with Crippen molar-refractivity contribution in [1.82, 2.24) is 45.2 Å². The van der Waals surface area contributed by atoms with Crippen LogP contribution in [0.3, 0.4) is 0 Å². The molecule has 3 fully saturated rings. The fourth-order valence-electron chi connectivity index (χ4n) is 10.6. The Morgan fingerprint density at radius 3 is 2.30 bits per heavy atom. The van der Waals surface area contributed by atoms with Crippen molar-refractivity contribution in [2.24, 2.45) is 16.7 Å². The Hall–Kier alpha value is -6.90. The zero-order valence-corrected chi connectivity index (χ0v) is 42.7. The quantitative estimate of drug-likeness (QED) is 0.0997. The first kappa shape index (κ1) is 49.1. The Labute approximate surface area is 422 Å². The number of nitrogens with one attached hydrogen (secondary N) is 2. The van der Waals surface area contributed by atoms with E-state index in [2.05, 4.69) is 81.6 Å². The summed E-state index contributed by atoms with van der Waals surface area (Å²) in [4.78, 5) is 64.3. The summed E-state index contributed by atoms with van der Waals surface area (Å²) in [7, 11) is 0. The average Bonchev–Trinajstić information content (AvgIpc) is 4.13. The summed E-state index contributed by atoms with van der Waals surface area (Å²) in [5.74, 6) is 0.841. The average molecular weight is 997 g/mol. The van der Waals surface area contributed by atoms with Crippen LogP contribution in [0.15, 0.2) is 91.1 Å². The van der Waals surface area contributed by atoms with E-state index in [1.54, 1.807) is 51.5 Å². The normalized spacial score (nSPS) is 20.0. The lowest BCUT2D eigenvalue weighted by molar-refractivity contribution is -0.164. The van der Waals surface area contributed by atoms with E-state index in [0.29, 0.717) is 59.8 Å². The Kier molecular flexibility index (Phi) is 13.6. The highest BCUT2D eigenvalue weighted by Crippen LogP contribution is 2.55. The van der Waals surface area contributed by atoms with Crippen molar-refractivity contribution in [3.05, 3.63) is 118 Å². The number of carbonyl (C=O) groups excluding carboxylic acids is 3. The van der Waals surface area contributed by atoms with Gasteiger partial charge in [-0.25, -0.2) is 19.9 Å². The van der Waals surface area contributed by atoms with Crippen LogP contribution in [-0.2, 0) is 9.59 Å². The van der Waals surface area contributed by atoms with Crippen molar-refractivity contribution in [3.8, 4) is 39.3 Å². The Morgan fingerprint density at radius 2 is 1.63 bits per heavy atom. The molecule has 3 amide bonds. The Morgan fingerprint density at radius 1 is 0.901 bits per heavy atom. The van der Waals surface area contributed by atoms with Crippen LogP contribution >= 0.6 is 22.9 Å². The number of halogens is 1. The molecule has 1 aliphatic carbocycles. The van der Waals surface area contributed by atoms with E-state index in [4.69, 9.17) is 21.1 Å². The highest BCUT2D eigenvalue weighted by atomic mass is 35.5. The fraction of sp³-hybridized carbons (Fsp3) is 0.415. The van der Waals surface area contributed by atoms with Gasteiger partial charge in [-0.2, -0.15) is 10.4 Å². The van der Waals surface area contributed by atoms with Crippen molar-refractivity contribution in [3.63, 3.8) is 0 Å². The minimum Gasteiger partial charge on any atom is -0.489 e. The van der Waals surface area contributed by atoms with Crippen LogP contribution in [0, 0.1) is 35.0 Å². The molecule has 71 heavy (non-hydrogen) atoms.